The van der Waals surface area contributed by atoms with Crippen LogP contribution >= 0.6 is 11.3 Å². The van der Waals surface area contributed by atoms with E-state index in [0.717, 1.165) is 22.2 Å². The van der Waals surface area contributed by atoms with Crippen molar-refractivity contribution in [1.82, 2.24) is 9.97 Å². The molecule has 0 fully saturated rings. The summed E-state index contributed by atoms with van der Waals surface area (Å²) in [7, 11) is 0. The molecule has 2 amide bonds. The number of thiazole rings is 1. The van der Waals surface area contributed by atoms with Crippen LogP contribution in [0.3, 0.4) is 0 Å². The highest BCUT2D eigenvalue weighted by Crippen LogP contribution is 2.30. The lowest BCUT2D eigenvalue weighted by Crippen LogP contribution is -2.19. The molecule has 2 N–H and O–H groups in total. The van der Waals surface area contributed by atoms with Gasteiger partial charge in [0, 0.05) is 23.3 Å². The molecule has 134 valence electrons. The number of nitrogens with zero attached hydrogens (tertiary/aromatic N) is 2. The van der Waals surface area contributed by atoms with E-state index >= 15 is 0 Å². The maximum atomic E-state index is 13.2. The zero-order valence-corrected chi connectivity index (χ0v) is 14.7. The summed E-state index contributed by atoms with van der Waals surface area (Å²) in [5.74, 6) is -0.0280. The van der Waals surface area contributed by atoms with Crippen LogP contribution in [-0.2, 0) is 0 Å². The van der Waals surface area contributed by atoms with E-state index in [9.17, 15) is 9.18 Å². The molecule has 0 saturated carbocycles. The number of hydrogen-bond acceptors (Lipinski definition) is 5. The van der Waals surface area contributed by atoms with E-state index in [1.54, 1.807) is 24.4 Å². The number of fused-ring (bicyclic) bond motifs is 1. The molecular weight excluding hydrogens is 367 g/mol. The number of nitrogens with one attached hydrogen (secondary N) is 2. The Balaban J connectivity index is 1.40. The number of aromatic nitrogens is 2. The lowest BCUT2D eigenvalue weighted by molar-refractivity contribution is 0.262. The molecule has 0 aliphatic rings. The fourth-order valence-electron chi connectivity index (χ4n) is 2.42. The van der Waals surface area contributed by atoms with Gasteiger partial charge in [-0.15, -0.1) is 0 Å². The number of urea groups is 1. The molecule has 4 rings (SSSR count). The van der Waals surface area contributed by atoms with Gasteiger partial charge in [0.2, 0.25) is 5.06 Å². The Morgan fingerprint density at radius 3 is 2.85 bits per heavy atom. The van der Waals surface area contributed by atoms with Crippen LogP contribution in [0.5, 0.6) is 10.8 Å². The Bertz CT molecular complexity index is 1120. The van der Waals surface area contributed by atoms with Crippen molar-refractivity contribution < 1.29 is 13.9 Å². The molecule has 0 unspecified atom stereocenters. The summed E-state index contributed by atoms with van der Waals surface area (Å²) in [6.07, 6.45) is 3.18. The lowest BCUT2D eigenvalue weighted by Gasteiger charge is -2.06. The third-order valence-electron chi connectivity index (χ3n) is 3.58. The summed E-state index contributed by atoms with van der Waals surface area (Å²) in [6, 6.07) is 14.6. The highest BCUT2D eigenvalue weighted by Gasteiger charge is 2.09. The van der Waals surface area contributed by atoms with Gasteiger partial charge in [-0.1, -0.05) is 23.5 Å². The highest BCUT2D eigenvalue weighted by molar-refractivity contribution is 7.17. The largest absolute Gasteiger partial charge is 0.445 e. The molecule has 0 aliphatic heterocycles. The van der Waals surface area contributed by atoms with Crippen LogP contribution in [0.15, 0.2) is 67.0 Å². The monoisotopic (exact) mass is 380 g/mol. The zero-order chi connectivity index (χ0) is 18.6. The first kappa shape index (κ1) is 16.9. The first-order valence-corrected chi connectivity index (χ1v) is 8.79. The Labute approximate surface area is 157 Å². The number of amides is 2. The fourth-order valence-corrected chi connectivity index (χ4v) is 3.11. The van der Waals surface area contributed by atoms with Gasteiger partial charge in [0.15, 0.2) is 5.13 Å². The second kappa shape index (κ2) is 7.38. The third kappa shape index (κ3) is 4.18. The van der Waals surface area contributed by atoms with Crippen LogP contribution in [0.1, 0.15) is 0 Å². The van der Waals surface area contributed by atoms with Crippen molar-refractivity contribution >= 4 is 39.1 Å². The second-order valence-electron chi connectivity index (χ2n) is 5.53. The molecule has 0 spiro atoms. The first-order valence-electron chi connectivity index (χ1n) is 7.98. The van der Waals surface area contributed by atoms with Gasteiger partial charge in [-0.05, 0) is 36.4 Å². The molecule has 8 heteroatoms. The van der Waals surface area contributed by atoms with Gasteiger partial charge < -0.3 is 10.1 Å². The molecular formula is C19H13FN4O2S. The van der Waals surface area contributed by atoms with E-state index in [0.29, 0.717) is 21.6 Å². The van der Waals surface area contributed by atoms with E-state index in [-0.39, 0.29) is 5.82 Å². The second-order valence-corrected chi connectivity index (χ2v) is 6.53. The van der Waals surface area contributed by atoms with Gasteiger partial charge in [-0.3, -0.25) is 10.3 Å². The summed E-state index contributed by atoms with van der Waals surface area (Å²) in [5.41, 5.74) is 1.49. The normalized spacial score (nSPS) is 10.6. The van der Waals surface area contributed by atoms with Crippen molar-refractivity contribution in [3.05, 3.63) is 72.8 Å². The van der Waals surface area contributed by atoms with Gasteiger partial charge in [0.05, 0.1) is 11.7 Å². The number of ether oxygens (including phenoxy) is 1. The number of hydrogen-bond donors (Lipinski definition) is 2. The van der Waals surface area contributed by atoms with Gasteiger partial charge in [-0.2, -0.15) is 0 Å². The zero-order valence-electron chi connectivity index (χ0n) is 13.8. The van der Waals surface area contributed by atoms with E-state index < -0.39 is 6.03 Å². The van der Waals surface area contributed by atoms with E-state index in [2.05, 4.69) is 20.6 Å². The lowest BCUT2D eigenvalue weighted by atomic mass is 10.2. The van der Waals surface area contributed by atoms with Crippen LogP contribution in [0, 0.1) is 5.82 Å². The number of rotatable bonds is 4. The van der Waals surface area contributed by atoms with Crippen molar-refractivity contribution in [2.45, 2.75) is 0 Å². The Kier molecular flexibility index (Phi) is 4.63. The average molecular weight is 380 g/mol. The van der Waals surface area contributed by atoms with E-state index in [4.69, 9.17) is 4.74 Å². The minimum Gasteiger partial charge on any atom is -0.445 e. The SMILES string of the molecule is O=C(Nc1ccc2ncccc2c1)Nc1ncc(Oc2cccc(F)c2)s1. The number of carbonyl (C=O) groups is 1. The summed E-state index contributed by atoms with van der Waals surface area (Å²) < 4.78 is 18.7. The van der Waals surface area contributed by atoms with Crippen LogP contribution in [0.4, 0.5) is 20.0 Å². The number of halogens is 1. The number of benzene rings is 2. The van der Waals surface area contributed by atoms with Gasteiger partial charge >= 0.3 is 6.03 Å². The molecule has 0 radical (unpaired) electrons. The number of pyridine rings is 1. The molecule has 0 atom stereocenters. The number of anilines is 2. The van der Waals surface area contributed by atoms with Crippen molar-refractivity contribution in [3.63, 3.8) is 0 Å². The molecule has 6 nitrogen and oxygen atoms in total. The van der Waals surface area contributed by atoms with Crippen LogP contribution < -0.4 is 15.4 Å². The van der Waals surface area contributed by atoms with Crippen molar-refractivity contribution in [3.8, 4) is 10.8 Å². The van der Waals surface area contributed by atoms with Gasteiger partial charge in [0.1, 0.15) is 11.6 Å². The average Bonchev–Trinajstić information content (AvgIpc) is 3.08. The summed E-state index contributed by atoms with van der Waals surface area (Å²) in [6.45, 7) is 0. The van der Waals surface area contributed by atoms with Crippen molar-refractivity contribution in [1.29, 1.82) is 0 Å². The summed E-state index contributed by atoms with van der Waals surface area (Å²) in [5, 5.41) is 7.12. The molecule has 0 saturated heterocycles. The van der Waals surface area contributed by atoms with Gasteiger partial charge in [0.25, 0.3) is 0 Å². The predicted octanol–water partition coefficient (Wildman–Crippen LogP) is 5.27. The molecule has 4 aromatic rings. The summed E-state index contributed by atoms with van der Waals surface area (Å²) in [4.78, 5) is 20.5. The van der Waals surface area contributed by atoms with Gasteiger partial charge in [-0.25, -0.2) is 14.2 Å². The minimum atomic E-state index is -0.426. The summed E-state index contributed by atoms with van der Waals surface area (Å²) >= 11 is 1.14. The molecule has 2 heterocycles. The molecule has 2 aromatic carbocycles. The topological polar surface area (TPSA) is 76.1 Å². The van der Waals surface area contributed by atoms with Crippen LogP contribution in [-0.4, -0.2) is 16.0 Å². The molecule has 0 aliphatic carbocycles. The Hall–Kier alpha value is -3.52. The van der Waals surface area contributed by atoms with E-state index in [1.165, 1.54) is 18.3 Å². The predicted molar refractivity (Wildman–Crippen MR) is 103 cm³/mol. The Morgan fingerprint density at radius 2 is 1.96 bits per heavy atom. The smallest absolute Gasteiger partial charge is 0.325 e. The Morgan fingerprint density at radius 1 is 1.04 bits per heavy atom. The van der Waals surface area contributed by atoms with Crippen molar-refractivity contribution in [2.75, 3.05) is 10.6 Å². The standard InChI is InChI=1S/C19H13FN4O2S/c20-13-4-1-5-15(10-13)26-17-11-22-19(27-17)24-18(25)23-14-6-7-16-12(9-14)3-2-8-21-16/h1-11H,(H2,22,23,24,25). The molecule has 27 heavy (non-hydrogen) atoms. The van der Waals surface area contributed by atoms with E-state index in [1.807, 2.05) is 24.3 Å². The first-order chi connectivity index (χ1) is 13.2. The van der Waals surface area contributed by atoms with Crippen LogP contribution in [0.2, 0.25) is 0 Å². The highest BCUT2D eigenvalue weighted by atomic mass is 32.1. The third-order valence-corrected chi connectivity index (χ3v) is 4.37. The fraction of sp³-hybridized carbons (Fsp3) is 0. The maximum absolute atomic E-state index is 13.2. The minimum absolute atomic E-state index is 0.361. The maximum Gasteiger partial charge on any atom is 0.325 e. The van der Waals surface area contributed by atoms with Crippen molar-refractivity contribution in [2.24, 2.45) is 0 Å². The van der Waals surface area contributed by atoms with Crippen LogP contribution in [0.25, 0.3) is 10.9 Å². The molecule has 0 bridgehead atoms. The molecule has 2 aromatic heterocycles. The number of carbonyl (C=O) groups excluding carboxylic acids is 1. The quantitative estimate of drug-likeness (QED) is 0.506.